The summed E-state index contributed by atoms with van der Waals surface area (Å²) in [6.45, 7) is 8.26. The molecule has 1 N–H and O–H groups in total. The van der Waals surface area contributed by atoms with Gasteiger partial charge in [0, 0.05) is 23.9 Å². The van der Waals surface area contributed by atoms with E-state index in [4.69, 9.17) is 4.74 Å². The monoisotopic (exact) mass is 441 g/mol. The first-order chi connectivity index (χ1) is 14.7. The molecule has 31 heavy (non-hydrogen) atoms. The second-order valence-corrected chi connectivity index (χ2v) is 9.89. The fourth-order valence-corrected chi connectivity index (χ4v) is 5.31. The fraction of sp³-hybridized carbons (Fsp3) is 0.435. The molecule has 0 saturated heterocycles. The summed E-state index contributed by atoms with van der Waals surface area (Å²) in [4.78, 5) is 40.9. The van der Waals surface area contributed by atoms with Crippen LogP contribution in [-0.2, 0) is 35.6 Å². The maximum Gasteiger partial charge on any atom is 0.332 e. The van der Waals surface area contributed by atoms with Crippen molar-refractivity contribution in [2.24, 2.45) is 0 Å². The summed E-state index contributed by atoms with van der Waals surface area (Å²) < 4.78 is 8.60. The van der Waals surface area contributed by atoms with Gasteiger partial charge in [0.1, 0.15) is 11.4 Å². The summed E-state index contributed by atoms with van der Waals surface area (Å²) in [7, 11) is 0. The third-order valence-corrected chi connectivity index (χ3v) is 6.74. The first kappa shape index (κ1) is 21.5. The van der Waals surface area contributed by atoms with Gasteiger partial charge in [-0.2, -0.15) is 0 Å². The average Bonchev–Trinajstić information content (AvgIpc) is 3.07. The van der Waals surface area contributed by atoms with Crippen LogP contribution in [0.2, 0.25) is 0 Å². The lowest BCUT2D eigenvalue weighted by molar-refractivity contribution is -0.121. The molecule has 2 aromatic heterocycles. The Morgan fingerprint density at radius 1 is 1.23 bits per heavy atom. The van der Waals surface area contributed by atoms with Gasteiger partial charge in [-0.05, 0) is 38.8 Å². The van der Waals surface area contributed by atoms with Crippen LogP contribution in [0.25, 0.3) is 10.2 Å². The second-order valence-electron chi connectivity index (χ2n) is 8.81. The minimum atomic E-state index is -0.457. The van der Waals surface area contributed by atoms with Crippen LogP contribution in [0, 0.1) is 0 Å². The number of aromatic nitrogens is 2. The highest BCUT2D eigenvalue weighted by Gasteiger charge is 2.32. The zero-order chi connectivity index (χ0) is 22.3. The molecule has 0 radical (unpaired) electrons. The number of carbonyl (C=O) groups excluding carboxylic acids is 1. The Bertz CT molecular complexity index is 1250. The number of amides is 1. The van der Waals surface area contributed by atoms with E-state index in [1.807, 2.05) is 58.0 Å². The Labute approximate surface area is 184 Å². The van der Waals surface area contributed by atoms with Crippen molar-refractivity contribution in [1.82, 2.24) is 14.5 Å². The zero-order valence-electron chi connectivity index (χ0n) is 18.2. The maximum atomic E-state index is 13.4. The predicted molar refractivity (Wildman–Crippen MR) is 122 cm³/mol. The van der Waals surface area contributed by atoms with Crippen LogP contribution in [-0.4, -0.2) is 20.6 Å². The van der Waals surface area contributed by atoms with Gasteiger partial charge in [0.15, 0.2) is 0 Å². The van der Waals surface area contributed by atoms with Crippen molar-refractivity contribution in [3.63, 3.8) is 0 Å². The molecule has 8 heteroatoms. The molecule has 3 aromatic rings. The molecule has 0 unspecified atom stereocenters. The Kier molecular flexibility index (Phi) is 5.61. The van der Waals surface area contributed by atoms with Gasteiger partial charge < -0.3 is 10.1 Å². The number of ether oxygens (including phenoxy) is 1. The number of hydrogen-bond donors (Lipinski definition) is 1. The predicted octanol–water partition coefficient (Wildman–Crippen LogP) is 2.97. The van der Waals surface area contributed by atoms with Crippen molar-refractivity contribution >= 4 is 27.5 Å². The number of hydrogen-bond acceptors (Lipinski definition) is 5. The summed E-state index contributed by atoms with van der Waals surface area (Å²) in [6, 6.07) is 9.36. The molecule has 0 spiro atoms. The zero-order valence-corrected chi connectivity index (χ0v) is 19.0. The Morgan fingerprint density at radius 3 is 2.61 bits per heavy atom. The van der Waals surface area contributed by atoms with Gasteiger partial charge in [-0.1, -0.05) is 30.3 Å². The molecule has 1 aliphatic rings. The standard InChI is InChI=1S/C23H27N3O4S/c1-14(2)26-21-19(16-10-23(3,4)30-13-17(16)31-21)20(28)25(22(26)29)12-18(27)24-11-15-8-6-5-7-9-15/h5-9,14H,10-13H2,1-4H3,(H,24,27). The Hall–Kier alpha value is -2.71. The molecule has 0 bridgehead atoms. The molecule has 1 amide bonds. The van der Waals surface area contributed by atoms with E-state index in [-0.39, 0.29) is 24.1 Å². The van der Waals surface area contributed by atoms with Crippen LogP contribution in [0.15, 0.2) is 39.9 Å². The summed E-state index contributed by atoms with van der Waals surface area (Å²) in [5.74, 6) is -0.370. The fourth-order valence-electron chi connectivity index (χ4n) is 3.96. The highest BCUT2D eigenvalue weighted by atomic mass is 32.1. The van der Waals surface area contributed by atoms with Gasteiger partial charge in [-0.15, -0.1) is 11.3 Å². The normalized spacial score (nSPS) is 15.3. The van der Waals surface area contributed by atoms with Gasteiger partial charge in [0.05, 0.1) is 17.6 Å². The van der Waals surface area contributed by atoms with E-state index < -0.39 is 11.2 Å². The van der Waals surface area contributed by atoms with E-state index in [0.717, 1.165) is 20.6 Å². The number of thiophene rings is 1. The number of fused-ring (bicyclic) bond motifs is 3. The number of benzene rings is 1. The number of rotatable bonds is 5. The van der Waals surface area contributed by atoms with Gasteiger partial charge in [0.25, 0.3) is 5.56 Å². The van der Waals surface area contributed by atoms with Gasteiger partial charge in [-0.25, -0.2) is 4.79 Å². The van der Waals surface area contributed by atoms with Gasteiger partial charge >= 0.3 is 5.69 Å². The van der Waals surface area contributed by atoms with Crippen LogP contribution in [0.3, 0.4) is 0 Å². The lowest BCUT2D eigenvalue weighted by atomic mass is 9.94. The number of nitrogens with one attached hydrogen (secondary N) is 1. The van der Waals surface area contributed by atoms with Crippen LogP contribution in [0.5, 0.6) is 0 Å². The van der Waals surface area contributed by atoms with Crippen molar-refractivity contribution in [3.8, 4) is 0 Å². The molecule has 1 aliphatic heterocycles. The van der Waals surface area contributed by atoms with Crippen molar-refractivity contribution in [2.75, 3.05) is 0 Å². The molecule has 1 aromatic carbocycles. The van der Waals surface area contributed by atoms with E-state index >= 15 is 0 Å². The molecule has 0 aliphatic carbocycles. The smallest absolute Gasteiger partial charge is 0.332 e. The van der Waals surface area contributed by atoms with Crippen LogP contribution < -0.4 is 16.6 Å². The van der Waals surface area contributed by atoms with Crippen molar-refractivity contribution in [1.29, 1.82) is 0 Å². The maximum absolute atomic E-state index is 13.4. The third kappa shape index (κ3) is 4.09. The molecule has 164 valence electrons. The average molecular weight is 442 g/mol. The highest BCUT2D eigenvalue weighted by Crippen LogP contribution is 2.37. The number of carbonyl (C=O) groups is 1. The Morgan fingerprint density at radius 2 is 1.94 bits per heavy atom. The minimum absolute atomic E-state index is 0.150. The third-order valence-electron chi connectivity index (χ3n) is 5.53. The SMILES string of the molecule is CC(C)n1c(=O)n(CC(=O)NCc2ccccc2)c(=O)c2c3c(sc21)COC(C)(C)C3. The molecule has 0 saturated carbocycles. The van der Waals surface area contributed by atoms with E-state index in [1.165, 1.54) is 11.3 Å². The van der Waals surface area contributed by atoms with E-state index in [0.29, 0.717) is 29.8 Å². The topological polar surface area (TPSA) is 82.3 Å². The van der Waals surface area contributed by atoms with Gasteiger partial charge in [-0.3, -0.25) is 18.7 Å². The molecule has 0 fully saturated rings. The van der Waals surface area contributed by atoms with E-state index in [9.17, 15) is 14.4 Å². The Balaban J connectivity index is 1.76. The lowest BCUT2D eigenvalue weighted by Gasteiger charge is -2.29. The minimum Gasteiger partial charge on any atom is -0.370 e. The highest BCUT2D eigenvalue weighted by molar-refractivity contribution is 7.18. The van der Waals surface area contributed by atoms with Crippen LogP contribution in [0.4, 0.5) is 0 Å². The molecule has 7 nitrogen and oxygen atoms in total. The first-order valence-corrected chi connectivity index (χ1v) is 11.2. The summed E-state index contributed by atoms with van der Waals surface area (Å²) in [6.07, 6.45) is 0.591. The number of nitrogens with zero attached hydrogens (tertiary/aromatic N) is 2. The molecule has 3 heterocycles. The van der Waals surface area contributed by atoms with Crippen LogP contribution in [0.1, 0.15) is 49.7 Å². The lowest BCUT2D eigenvalue weighted by Crippen LogP contribution is -2.44. The summed E-state index contributed by atoms with van der Waals surface area (Å²) >= 11 is 1.44. The molecule has 0 atom stereocenters. The summed E-state index contributed by atoms with van der Waals surface area (Å²) in [5, 5.41) is 3.35. The van der Waals surface area contributed by atoms with Gasteiger partial charge in [0.2, 0.25) is 5.91 Å². The molecular weight excluding hydrogens is 414 g/mol. The van der Waals surface area contributed by atoms with E-state index in [2.05, 4.69) is 5.32 Å². The first-order valence-electron chi connectivity index (χ1n) is 10.4. The largest absolute Gasteiger partial charge is 0.370 e. The van der Waals surface area contributed by atoms with Crippen LogP contribution >= 0.6 is 11.3 Å². The van der Waals surface area contributed by atoms with Crippen molar-refractivity contribution in [2.45, 2.75) is 65.5 Å². The van der Waals surface area contributed by atoms with Crippen molar-refractivity contribution in [3.05, 3.63) is 67.2 Å². The van der Waals surface area contributed by atoms with E-state index in [1.54, 1.807) is 4.57 Å². The van der Waals surface area contributed by atoms with Crippen molar-refractivity contribution < 1.29 is 9.53 Å². The molecular formula is C23H27N3O4S. The second kappa shape index (κ2) is 8.09. The molecule has 4 rings (SSSR count). The summed E-state index contributed by atoms with van der Waals surface area (Å²) in [5.41, 5.74) is 0.647. The quantitative estimate of drug-likeness (QED) is 0.660.